The van der Waals surface area contributed by atoms with Crippen LogP contribution in [0.2, 0.25) is 0 Å². The third-order valence-electron chi connectivity index (χ3n) is 3.22. The molecule has 1 saturated carbocycles. The van der Waals surface area contributed by atoms with Crippen LogP contribution in [0, 0.1) is 0 Å². The molecule has 1 aromatic rings. The highest BCUT2D eigenvalue weighted by Crippen LogP contribution is 2.33. The van der Waals surface area contributed by atoms with E-state index in [0.29, 0.717) is 17.0 Å². The highest BCUT2D eigenvalue weighted by molar-refractivity contribution is 7.99. The summed E-state index contributed by atoms with van der Waals surface area (Å²) in [4.78, 5) is 9.02. The van der Waals surface area contributed by atoms with Crippen LogP contribution in [-0.2, 0) is 0 Å². The van der Waals surface area contributed by atoms with Crippen LogP contribution in [0.1, 0.15) is 57.7 Å². The van der Waals surface area contributed by atoms with E-state index in [0.717, 1.165) is 10.9 Å². The van der Waals surface area contributed by atoms with Crippen LogP contribution in [0.25, 0.3) is 0 Å². The first-order valence-electron chi connectivity index (χ1n) is 6.71. The van der Waals surface area contributed by atoms with Crippen molar-refractivity contribution < 1.29 is 0 Å². The maximum atomic E-state index is 5.47. The summed E-state index contributed by atoms with van der Waals surface area (Å²) in [5, 5.41) is 1.76. The Bertz CT molecular complexity index is 389. The minimum Gasteiger partial charge on any atom is -0.308 e. The second-order valence-electron chi connectivity index (χ2n) is 5.13. The van der Waals surface area contributed by atoms with Crippen molar-refractivity contribution >= 4 is 17.6 Å². The Morgan fingerprint density at radius 3 is 2.61 bits per heavy atom. The van der Waals surface area contributed by atoms with Gasteiger partial charge in [-0.3, -0.25) is 0 Å². The fraction of sp³-hybridized carbons (Fsp3) is 0.692. The van der Waals surface area contributed by atoms with Crippen LogP contribution in [0.15, 0.2) is 11.1 Å². The van der Waals surface area contributed by atoms with E-state index in [1.807, 2.05) is 17.8 Å². The monoisotopic (exact) mass is 266 g/mol. The largest absolute Gasteiger partial charge is 0.308 e. The smallest absolute Gasteiger partial charge is 0.144 e. The maximum absolute atomic E-state index is 5.47. The first-order chi connectivity index (χ1) is 8.69. The van der Waals surface area contributed by atoms with Crippen LogP contribution in [-0.4, -0.2) is 15.2 Å². The lowest BCUT2D eigenvalue weighted by molar-refractivity contribution is 0.515. The molecule has 4 nitrogen and oxygen atoms in total. The fourth-order valence-corrected chi connectivity index (χ4v) is 3.43. The number of thioether (sulfide) groups is 1. The molecule has 100 valence electrons. The van der Waals surface area contributed by atoms with Gasteiger partial charge >= 0.3 is 0 Å². The molecule has 0 saturated heterocycles. The number of nitrogen functional groups attached to an aromatic ring is 1. The van der Waals surface area contributed by atoms with Crippen molar-refractivity contribution in [2.24, 2.45) is 5.84 Å². The van der Waals surface area contributed by atoms with E-state index in [9.17, 15) is 0 Å². The van der Waals surface area contributed by atoms with Crippen molar-refractivity contribution in [1.82, 2.24) is 9.97 Å². The number of rotatable bonds is 4. The topological polar surface area (TPSA) is 63.8 Å². The van der Waals surface area contributed by atoms with E-state index in [4.69, 9.17) is 5.84 Å². The molecule has 0 atom stereocenters. The van der Waals surface area contributed by atoms with Crippen LogP contribution in [0.5, 0.6) is 0 Å². The molecule has 1 aliphatic carbocycles. The molecule has 2 rings (SSSR count). The summed E-state index contributed by atoms with van der Waals surface area (Å²) in [6.45, 7) is 4.20. The summed E-state index contributed by atoms with van der Waals surface area (Å²) in [5.74, 6) is 7.37. The number of anilines is 1. The Kier molecular flexibility index (Phi) is 4.83. The Morgan fingerprint density at radius 1 is 1.28 bits per heavy atom. The van der Waals surface area contributed by atoms with Crippen LogP contribution < -0.4 is 11.3 Å². The van der Waals surface area contributed by atoms with Crippen molar-refractivity contribution in [2.45, 2.75) is 62.1 Å². The van der Waals surface area contributed by atoms with E-state index >= 15 is 0 Å². The van der Waals surface area contributed by atoms with Gasteiger partial charge in [0.05, 0.1) is 0 Å². The summed E-state index contributed by atoms with van der Waals surface area (Å²) in [6, 6.07) is 1.95. The van der Waals surface area contributed by atoms with Gasteiger partial charge in [-0.15, -0.1) is 11.8 Å². The van der Waals surface area contributed by atoms with Gasteiger partial charge < -0.3 is 5.43 Å². The molecule has 5 heteroatoms. The summed E-state index contributed by atoms with van der Waals surface area (Å²) in [7, 11) is 0. The molecule has 1 aromatic heterocycles. The molecule has 1 fully saturated rings. The third-order valence-corrected chi connectivity index (χ3v) is 4.48. The molecule has 0 radical (unpaired) electrons. The van der Waals surface area contributed by atoms with Gasteiger partial charge in [0.1, 0.15) is 16.7 Å². The van der Waals surface area contributed by atoms with E-state index in [1.165, 1.54) is 32.1 Å². The van der Waals surface area contributed by atoms with Gasteiger partial charge in [0.15, 0.2) is 0 Å². The fourth-order valence-electron chi connectivity index (χ4n) is 2.19. The van der Waals surface area contributed by atoms with Gasteiger partial charge in [0.25, 0.3) is 0 Å². The minimum atomic E-state index is 0.323. The average Bonchev–Trinajstić information content (AvgIpc) is 2.39. The number of hydrogen-bond acceptors (Lipinski definition) is 5. The van der Waals surface area contributed by atoms with Crippen molar-refractivity contribution in [1.29, 1.82) is 0 Å². The van der Waals surface area contributed by atoms with Gasteiger partial charge in [-0.25, -0.2) is 15.8 Å². The molecule has 0 amide bonds. The Morgan fingerprint density at radius 2 is 2.00 bits per heavy atom. The van der Waals surface area contributed by atoms with Crippen molar-refractivity contribution in [3.8, 4) is 0 Å². The quantitative estimate of drug-likeness (QED) is 0.497. The van der Waals surface area contributed by atoms with E-state index in [-0.39, 0.29) is 0 Å². The van der Waals surface area contributed by atoms with Crippen molar-refractivity contribution in [3.63, 3.8) is 0 Å². The van der Waals surface area contributed by atoms with E-state index < -0.39 is 0 Å². The molecular weight excluding hydrogens is 244 g/mol. The summed E-state index contributed by atoms with van der Waals surface area (Å²) < 4.78 is 0. The molecule has 0 aromatic carbocycles. The molecule has 1 aliphatic rings. The second kappa shape index (κ2) is 6.38. The maximum Gasteiger partial charge on any atom is 0.144 e. The lowest BCUT2D eigenvalue weighted by Gasteiger charge is -2.21. The molecule has 0 bridgehead atoms. The molecule has 18 heavy (non-hydrogen) atoms. The Balaban J connectivity index is 2.12. The molecule has 0 spiro atoms. The van der Waals surface area contributed by atoms with Gasteiger partial charge in [-0.2, -0.15) is 0 Å². The summed E-state index contributed by atoms with van der Waals surface area (Å²) in [5.41, 5.74) is 2.64. The summed E-state index contributed by atoms with van der Waals surface area (Å²) in [6.07, 6.45) is 6.69. The first-order valence-corrected chi connectivity index (χ1v) is 7.59. The van der Waals surface area contributed by atoms with E-state index in [2.05, 4.69) is 29.2 Å². The second-order valence-corrected chi connectivity index (χ2v) is 6.45. The number of hydrogen-bond donors (Lipinski definition) is 2. The average molecular weight is 266 g/mol. The first kappa shape index (κ1) is 13.6. The van der Waals surface area contributed by atoms with Crippen molar-refractivity contribution in [2.75, 3.05) is 5.43 Å². The third kappa shape index (κ3) is 3.59. The SMILES string of the molecule is CC(C)c1nc(NN)cc(SC2CCCCC2)n1. The van der Waals surface area contributed by atoms with Crippen LogP contribution >= 0.6 is 11.8 Å². The number of hydrazine groups is 1. The van der Waals surface area contributed by atoms with Gasteiger partial charge in [-0.05, 0) is 12.8 Å². The molecule has 0 aliphatic heterocycles. The normalized spacial score (nSPS) is 17.1. The lowest BCUT2D eigenvalue weighted by Crippen LogP contribution is -2.13. The standard InChI is InChI=1S/C13H22N4S/c1-9(2)13-15-11(17-14)8-12(16-13)18-10-6-4-3-5-7-10/h8-10H,3-7,14H2,1-2H3,(H,15,16,17). The summed E-state index contributed by atoms with van der Waals surface area (Å²) >= 11 is 1.88. The molecular formula is C13H22N4S. The predicted octanol–water partition coefficient (Wildman–Crippen LogP) is 3.31. The van der Waals surface area contributed by atoms with Crippen LogP contribution in [0.3, 0.4) is 0 Å². The Labute approximate surface area is 113 Å². The van der Waals surface area contributed by atoms with Gasteiger partial charge in [-0.1, -0.05) is 33.1 Å². The number of nitrogens with one attached hydrogen (secondary N) is 1. The highest BCUT2D eigenvalue weighted by Gasteiger charge is 2.16. The van der Waals surface area contributed by atoms with Crippen molar-refractivity contribution in [3.05, 3.63) is 11.9 Å². The Hall–Kier alpha value is -0.810. The number of aromatic nitrogens is 2. The zero-order valence-corrected chi connectivity index (χ0v) is 12.0. The zero-order chi connectivity index (χ0) is 13.0. The number of nitrogens with two attached hydrogens (primary N) is 1. The lowest BCUT2D eigenvalue weighted by atomic mass is 10.0. The van der Waals surface area contributed by atoms with E-state index in [1.54, 1.807) is 0 Å². The predicted molar refractivity (Wildman–Crippen MR) is 76.7 cm³/mol. The molecule has 0 unspecified atom stereocenters. The van der Waals surface area contributed by atoms with Gasteiger partial charge in [0, 0.05) is 17.2 Å². The zero-order valence-electron chi connectivity index (χ0n) is 11.1. The molecule has 3 N–H and O–H groups in total. The van der Waals surface area contributed by atoms with Crippen LogP contribution in [0.4, 0.5) is 5.82 Å². The molecule has 1 heterocycles. The number of nitrogens with zero attached hydrogens (tertiary/aromatic N) is 2. The minimum absolute atomic E-state index is 0.323. The van der Waals surface area contributed by atoms with Gasteiger partial charge in [0.2, 0.25) is 0 Å². The highest BCUT2D eigenvalue weighted by atomic mass is 32.2.